The van der Waals surface area contributed by atoms with Gasteiger partial charge in [0.1, 0.15) is 23.4 Å². The third-order valence-electron chi connectivity index (χ3n) is 5.34. The number of nitrogens with one attached hydrogen (secondary N) is 2. The number of carbonyl (C=O) groups is 3. The molecule has 0 bridgehead atoms. The van der Waals surface area contributed by atoms with Gasteiger partial charge in [-0.05, 0) is 41.5 Å². The fraction of sp³-hybridized carbons (Fsp3) is 0.286. The second-order valence-electron chi connectivity index (χ2n) is 7.45. The highest BCUT2D eigenvalue weighted by molar-refractivity contribution is 5.96. The largest absolute Gasteiger partial charge is 0.493 e. The maximum Gasteiger partial charge on any atom is 0.319 e. The van der Waals surface area contributed by atoms with E-state index in [1.807, 2.05) is 0 Å². The van der Waals surface area contributed by atoms with Crippen molar-refractivity contribution in [1.82, 2.24) is 10.2 Å². The van der Waals surface area contributed by atoms with Gasteiger partial charge in [-0.15, -0.1) is 0 Å². The fourth-order valence-corrected chi connectivity index (χ4v) is 3.92. The monoisotopic (exact) mass is 430 g/mol. The molecule has 4 amide bonds. The van der Waals surface area contributed by atoms with E-state index < -0.39 is 41.4 Å². The number of likely N-dealkylation sites (tertiary alicyclic amines) is 1. The Kier molecular flexibility index (Phi) is 5.45. The number of amides is 4. The van der Waals surface area contributed by atoms with Crippen LogP contribution >= 0.6 is 0 Å². The van der Waals surface area contributed by atoms with Gasteiger partial charge in [-0.2, -0.15) is 0 Å². The molecule has 0 saturated carbocycles. The van der Waals surface area contributed by atoms with Gasteiger partial charge >= 0.3 is 6.03 Å². The van der Waals surface area contributed by atoms with Crippen LogP contribution in [0.1, 0.15) is 17.0 Å². The van der Waals surface area contributed by atoms with Crippen molar-refractivity contribution in [3.05, 3.63) is 59.2 Å². The Morgan fingerprint density at radius 2 is 1.94 bits per heavy atom. The van der Waals surface area contributed by atoms with Crippen molar-refractivity contribution in [2.75, 3.05) is 25.0 Å². The Hall–Kier alpha value is -3.69. The van der Waals surface area contributed by atoms with Crippen LogP contribution in [0, 0.1) is 11.6 Å². The quantitative estimate of drug-likeness (QED) is 0.667. The molecule has 0 aliphatic carbocycles. The standard InChI is InChI=1S/C21H20F2N4O4/c22-12-1-3-13(4-2-12)25-21(30)26-19-15(9-27(20(19)29)10-18(24)28)14-7-11-5-6-31-17(11)8-16(14)23/h1-4,7-8,15,19H,5-6,9-10H2,(H2,24,28)(H2,25,26,30)/t15-,19-/m0/s1. The molecule has 31 heavy (non-hydrogen) atoms. The number of halogens is 2. The van der Waals surface area contributed by atoms with Crippen LogP contribution in [0.25, 0.3) is 0 Å². The minimum absolute atomic E-state index is 0.0137. The van der Waals surface area contributed by atoms with Crippen LogP contribution in [0.4, 0.5) is 19.3 Å². The minimum Gasteiger partial charge on any atom is -0.493 e. The van der Waals surface area contributed by atoms with E-state index in [1.54, 1.807) is 6.07 Å². The van der Waals surface area contributed by atoms with Gasteiger partial charge in [0.25, 0.3) is 0 Å². The number of nitrogens with two attached hydrogens (primary N) is 1. The van der Waals surface area contributed by atoms with Gasteiger partial charge in [0.15, 0.2) is 0 Å². The molecule has 2 aliphatic rings. The summed E-state index contributed by atoms with van der Waals surface area (Å²) in [6, 6.07) is 6.15. The van der Waals surface area contributed by atoms with E-state index in [0.29, 0.717) is 24.5 Å². The lowest BCUT2D eigenvalue weighted by molar-refractivity contribution is -0.133. The SMILES string of the molecule is NC(=O)CN1C[C@@H](c2cc3c(cc2F)OCC3)[C@H](NC(=O)Nc2ccc(F)cc2)C1=O. The summed E-state index contributed by atoms with van der Waals surface area (Å²) in [7, 11) is 0. The molecular weight excluding hydrogens is 410 g/mol. The summed E-state index contributed by atoms with van der Waals surface area (Å²) in [6.07, 6.45) is 0.609. The lowest BCUT2D eigenvalue weighted by Crippen LogP contribution is -2.46. The smallest absolute Gasteiger partial charge is 0.319 e. The van der Waals surface area contributed by atoms with E-state index >= 15 is 0 Å². The van der Waals surface area contributed by atoms with E-state index in [4.69, 9.17) is 10.5 Å². The van der Waals surface area contributed by atoms with Gasteiger partial charge in [-0.25, -0.2) is 13.6 Å². The maximum absolute atomic E-state index is 14.8. The van der Waals surface area contributed by atoms with Crippen LogP contribution in [-0.4, -0.2) is 48.5 Å². The molecule has 0 spiro atoms. The van der Waals surface area contributed by atoms with Crippen molar-refractivity contribution < 1.29 is 27.9 Å². The predicted molar refractivity (Wildman–Crippen MR) is 106 cm³/mol. The highest BCUT2D eigenvalue weighted by Gasteiger charge is 2.44. The number of benzene rings is 2. The number of anilines is 1. The van der Waals surface area contributed by atoms with Crippen molar-refractivity contribution >= 4 is 23.5 Å². The number of hydrogen-bond donors (Lipinski definition) is 3. The summed E-state index contributed by atoms with van der Waals surface area (Å²) in [4.78, 5) is 37.9. The Bertz CT molecular complexity index is 1040. The van der Waals surface area contributed by atoms with Crippen molar-refractivity contribution in [1.29, 1.82) is 0 Å². The van der Waals surface area contributed by atoms with Gasteiger partial charge in [0, 0.05) is 30.6 Å². The third kappa shape index (κ3) is 4.27. The Morgan fingerprint density at radius 1 is 1.19 bits per heavy atom. The molecule has 0 aromatic heterocycles. The zero-order chi connectivity index (χ0) is 22.1. The average molecular weight is 430 g/mol. The summed E-state index contributed by atoms with van der Waals surface area (Å²) in [5, 5.41) is 5.06. The van der Waals surface area contributed by atoms with Crippen molar-refractivity contribution in [2.24, 2.45) is 5.73 Å². The molecule has 162 valence electrons. The summed E-state index contributed by atoms with van der Waals surface area (Å²) in [6.45, 7) is 0.111. The first-order valence-corrected chi connectivity index (χ1v) is 9.67. The van der Waals surface area contributed by atoms with Crippen molar-refractivity contribution in [3.63, 3.8) is 0 Å². The number of carbonyl (C=O) groups excluding carboxylic acids is 3. The van der Waals surface area contributed by atoms with Crippen LogP contribution in [0.5, 0.6) is 5.75 Å². The second kappa shape index (κ2) is 8.21. The molecule has 2 aromatic rings. The molecule has 0 unspecified atom stereocenters. The van der Waals surface area contributed by atoms with E-state index in [1.165, 1.54) is 35.2 Å². The second-order valence-corrected chi connectivity index (χ2v) is 7.45. The van der Waals surface area contributed by atoms with Gasteiger partial charge in [-0.3, -0.25) is 9.59 Å². The summed E-state index contributed by atoms with van der Waals surface area (Å²) >= 11 is 0. The number of ether oxygens (including phenoxy) is 1. The molecule has 4 rings (SSSR count). The average Bonchev–Trinajstić information content (AvgIpc) is 3.28. The highest BCUT2D eigenvalue weighted by atomic mass is 19.1. The topological polar surface area (TPSA) is 114 Å². The van der Waals surface area contributed by atoms with Crippen LogP contribution in [0.2, 0.25) is 0 Å². The van der Waals surface area contributed by atoms with E-state index in [0.717, 1.165) is 5.56 Å². The number of rotatable bonds is 5. The minimum atomic E-state index is -1.12. The van der Waals surface area contributed by atoms with Crippen LogP contribution in [0.3, 0.4) is 0 Å². The molecule has 2 aliphatic heterocycles. The zero-order valence-corrected chi connectivity index (χ0v) is 16.4. The van der Waals surface area contributed by atoms with Crippen molar-refractivity contribution in [3.8, 4) is 5.75 Å². The van der Waals surface area contributed by atoms with Gasteiger partial charge in [0.05, 0.1) is 13.2 Å². The normalized spacial score (nSPS) is 19.7. The molecule has 1 saturated heterocycles. The van der Waals surface area contributed by atoms with E-state index in [-0.39, 0.29) is 18.7 Å². The lowest BCUT2D eigenvalue weighted by Gasteiger charge is -2.20. The summed E-state index contributed by atoms with van der Waals surface area (Å²) in [5.74, 6) is -2.57. The molecule has 2 atom stereocenters. The van der Waals surface area contributed by atoms with Crippen LogP contribution < -0.4 is 21.1 Å². The number of urea groups is 1. The fourth-order valence-electron chi connectivity index (χ4n) is 3.92. The number of fused-ring (bicyclic) bond motifs is 1. The van der Waals surface area contributed by atoms with E-state index in [2.05, 4.69) is 10.6 Å². The molecule has 1 fully saturated rings. The first-order valence-electron chi connectivity index (χ1n) is 9.67. The molecule has 4 N–H and O–H groups in total. The summed E-state index contributed by atoms with van der Waals surface area (Å²) in [5.41, 5.74) is 6.60. The molecule has 0 radical (unpaired) electrons. The van der Waals surface area contributed by atoms with Gasteiger partial charge in [0.2, 0.25) is 11.8 Å². The molecule has 10 heteroatoms. The first-order chi connectivity index (χ1) is 14.8. The third-order valence-corrected chi connectivity index (χ3v) is 5.34. The Labute approximate surface area is 176 Å². The summed E-state index contributed by atoms with van der Waals surface area (Å²) < 4.78 is 33.3. The first kappa shape index (κ1) is 20.6. The number of primary amides is 1. The molecule has 8 nitrogen and oxygen atoms in total. The van der Waals surface area contributed by atoms with Gasteiger partial charge < -0.3 is 26.0 Å². The maximum atomic E-state index is 14.8. The van der Waals surface area contributed by atoms with Crippen LogP contribution in [0.15, 0.2) is 36.4 Å². The number of nitrogens with zero attached hydrogens (tertiary/aromatic N) is 1. The van der Waals surface area contributed by atoms with E-state index in [9.17, 15) is 23.2 Å². The Balaban J connectivity index is 1.59. The highest BCUT2D eigenvalue weighted by Crippen LogP contribution is 2.36. The molecule has 2 aromatic carbocycles. The van der Waals surface area contributed by atoms with Crippen molar-refractivity contribution in [2.45, 2.75) is 18.4 Å². The Morgan fingerprint density at radius 3 is 2.65 bits per heavy atom. The zero-order valence-electron chi connectivity index (χ0n) is 16.4. The van der Waals surface area contributed by atoms with Gasteiger partial charge in [-0.1, -0.05) is 0 Å². The molecular formula is C21H20F2N4O4. The van der Waals surface area contributed by atoms with Crippen LogP contribution in [-0.2, 0) is 16.0 Å². The molecule has 2 heterocycles. The lowest BCUT2D eigenvalue weighted by atomic mass is 9.91. The predicted octanol–water partition coefficient (Wildman–Crippen LogP) is 1.50. The number of hydrogen-bond acceptors (Lipinski definition) is 4.